The summed E-state index contributed by atoms with van der Waals surface area (Å²) in [6.07, 6.45) is 5.59. The van der Waals surface area contributed by atoms with Crippen molar-refractivity contribution in [1.29, 1.82) is 0 Å². The van der Waals surface area contributed by atoms with Gasteiger partial charge in [0, 0.05) is 4.47 Å². The lowest BCUT2D eigenvalue weighted by Gasteiger charge is -2.26. The van der Waals surface area contributed by atoms with Crippen LogP contribution in [0.1, 0.15) is 38.2 Å². The Morgan fingerprint density at radius 2 is 2.00 bits per heavy atom. The topological polar surface area (TPSA) is 9.23 Å². The lowest BCUT2D eigenvalue weighted by atomic mass is 9.89. The van der Waals surface area contributed by atoms with Crippen LogP contribution in [0.25, 0.3) is 0 Å². The molecular weight excluding hydrogens is 264 g/mol. The molecule has 16 heavy (non-hydrogen) atoms. The minimum atomic E-state index is 0.482. The molecule has 0 N–H and O–H groups in total. The number of hydrogen-bond donors (Lipinski definition) is 0. The van der Waals surface area contributed by atoms with Crippen molar-refractivity contribution in [3.63, 3.8) is 0 Å². The standard InChI is InChI=1S/C14H19BrO/c1-11-5-7-14(8-6-11)16-10-12-3-2-4-13(15)9-12/h2-4,9,11,14H,5-8,10H2,1H3. The molecule has 2 rings (SSSR count). The van der Waals surface area contributed by atoms with Crippen LogP contribution in [0.15, 0.2) is 28.7 Å². The summed E-state index contributed by atoms with van der Waals surface area (Å²) in [7, 11) is 0. The molecule has 1 aromatic rings. The Morgan fingerprint density at radius 1 is 1.25 bits per heavy atom. The SMILES string of the molecule is CC1CCC(OCc2cccc(Br)c2)CC1. The first-order valence-corrected chi connectivity index (χ1v) is 6.89. The van der Waals surface area contributed by atoms with E-state index in [1.165, 1.54) is 31.2 Å². The first-order valence-electron chi connectivity index (χ1n) is 6.10. The van der Waals surface area contributed by atoms with Crippen LogP contribution in [-0.2, 0) is 11.3 Å². The van der Waals surface area contributed by atoms with E-state index < -0.39 is 0 Å². The highest BCUT2D eigenvalue weighted by Gasteiger charge is 2.18. The summed E-state index contributed by atoms with van der Waals surface area (Å²) in [5.41, 5.74) is 1.26. The minimum Gasteiger partial charge on any atom is -0.374 e. The van der Waals surface area contributed by atoms with Crippen LogP contribution in [-0.4, -0.2) is 6.10 Å². The van der Waals surface area contributed by atoms with Gasteiger partial charge in [0.05, 0.1) is 12.7 Å². The van der Waals surface area contributed by atoms with Gasteiger partial charge in [-0.25, -0.2) is 0 Å². The van der Waals surface area contributed by atoms with Gasteiger partial charge in [-0.3, -0.25) is 0 Å². The second kappa shape index (κ2) is 5.83. The maximum absolute atomic E-state index is 5.95. The molecule has 1 saturated carbocycles. The van der Waals surface area contributed by atoms with Crippen LogP contribution in [0.2, 0.25) is 0 Å². The Hall–Kier alpha value is -0.340. The fraction of sp³-hybridized carbons (Fsp3) is 0.571. The second-order valence-electron chi connectivity index (χ2n) is 4.82. The van der Waals surface area contributed by atoms with Crippen LogP contribution in [0.4, 0.5) is 0 Å². The molecule has 0 radical (unpaired) electrons. The van der Waals surface area contributed by atoms with Gasteiger partial charge >= 0.3 is 0 Å². The molecule has 0 saturated heterocycles. The van der Waals surface area contributed by atoms with Gasteiger partial charge in [-0.1, -0.05) is 35.0 Å². The average Bonchev–Trinajstić information content (AvgIpc) is 2.28. The van der Waals surface area contributed by atoms with E-state index in [0.29, 0.717) is 6.10 Å². The summed E-state index contributed by atoms with van der Waals surface area (Å²) in [5, 5.41) is 0. The maximum Gasteiger partial charge on any atom is 0.0721 e. The molecule has 1 fully saturated rings. The van der Waals surface area contributed by atoms with Gasteiger partial charge in [-0.05, 0) is 49.3 Å². The third-order valence-electron chi connectivity index (χ3n) is 3.34. The highest BCUT2D eigenvalue weighted by Crippen LogP contribution is 2.26. The van der Waals surface area contributed by atoms with E-state index in [4.69, 9.17) is 4.74 Å². The number of rotatable bonds is 3. The molecular formula is C14H19BrO. The van der Waals surface area contributed by atoms with E-state index >= 15 is 0 Å². The summed E-state index contributed by atoms with van der Waals surface area (Å²) in [4.78, 5) is 0. The predicted molar refractivity (Wildman–Crippen MR) is 70.4 cm³/mol. The largest absolute Gasteiger partial charge is 0.374 e. The van der Waals surface area contributed by atoms with Gasteiger partial charge in [0.2, 0.25) is 0 Å². The van der Waals surface area contributed by atoms with Crippen molar-refractivity contribution in [3.05, 3.63) is 34.3 Å². The van der Waals surface area contributed by atoms with Gasteiger partial charge in [-0.15, -0.1) is 0 Å². The number of ether oxygens (including phenoxy) is 1. The first kappa shape index (κ1) is 12.1. The molecule has 1 nitrogen and oxygen atoms in total. The lowest BCUT2D eigenvalue weighted by Crippen LogP contribution is -2.20. The van der Waals surface area contributed by atoms with Crippen molar-refractivity contribution in [2.45, 2.75) is 45.3 Å². The van der Waals surface area contributed by atoms with Crippen LogP contribution < -0.4 is 0 Å². The molecule has 0 heterocycles. The van der Waals surface area contributed by atoms with Crippen molar-refractivity contribution >= 4 is 15.9 Å². The molecule has 0 amide bonds. The van der Waals surface area contributed by atoms with E-state index in [1.807, 2.05) is 6.07 Å². The monoisotopic (exact) mass is 282 g/mol. The van der Waals surface area contributed by atoms with Crippen molar-refractivity contribution < 1.29 is 4.74 Å². The summed E-state index contributed by atoms with van der Waals surface area (Å²) in [5.74, 6) is 0.894. The highest BCUT2D eigenvalue weighted by atomic mass is 79.9. The van der Waals surface area contributed by atoms with Crippen LogP contribution in [0.5, 0.6) is 0 Å². The smallest absolute Gasteiger partial charge is 0.0721 e. The Balaban J connectivity index is 1.79. The number of halogens is 1. The zero-order chi connectivity index (χ0) is 11.4. The molecule has 1 aromatic carbocycles. The van der Waals surface area contributed by atoms with Gasteiger partial charge in [0.25, 0.3) is 0 Å². The zero-order valence-corrected chi connectivity index (χ0v) is 11.4. The van der Waals surface area contributed by atoms with Crippen molar-refractivity contribution in [1.82, 2.24) is 0 Å². The van der Waals surface area contributed by atoms with E-state index in [0.717, 1.165) is 17.0 Å². The Labute approximate surface area is 106 Å². The number of benzene rings is 1. The molecule has 0 spiro atoms. The van der Waals surface area contributed by atoms with E-state index in [9.17, 15) is 0 Å². The van der Waals surface area contributed by atoms with Gasteiger partial charge in [0.1, 0.15) is 0 Å². The molecule has 0 bridgehead atoms. The molecule has 0 unspecified atom stereocenters. The molecule has 1 aliphatic carbocycles. The van der Waals surface area contributed by atoms with Crippen molar-refractivity contribution in [2.24, 2.45) is 5.92 Å². The maximum atomic E-state index is 5.95. The average molecular weight is 283 g/mol. The van der Waals surface area contributed by atoms with E-state index in [2.05, 4.69) is 41.1 Å². The zero-order valence-electron chi connectivity index (χ0n) is 9.79. The van der Waals surface area contributed by atoms with Crippen LogP contribution >= 0.6 is 15.9 Å². The Kier molecular flexibility index (Phi) is 4.42. The Bertz CT molecular complexity index is 329. The summed E-state index contributed by atoms with van der Waals surface area (Å²) >= 11 is 3.48. The van der Waals surface area contributed by atoms with Gasteiger partial charge in [-0.2, -0.15) is 0 Å². The third-order valence-corrected chi connectivity index (χ3v) is 3.83. The summed E-state index contributed by atoms with van der Waals surface area (Å²) in [6, 6.07) is 8.36. The Morgan fingerprint density at radius 3 is 2.69 bits per heavy atom. The van der Waals surface area contributed by atoms with Crippen molar-refractivity contribution in [3.8, 4) is 0 Å². The fourth-order valence-electron chi connectivity index (χ4n) is 2.24. The van der Waals surface area contributed by atoms with Gasteiger partial charge in [0.15, 0.2) is 0 Å². The summed E-state index contributed by atoms with van der Waals surface area (Å²) in [6.45, 7) is 3.09. The minimum absolute atomic E-state index is 0.482. The van der Waals surface area contributed by atoms with Crippen molar-refractivity contribution in [2.75, 3.05) is 0 Å². The molecule has 88 valence electrons. The molecule has 2 heteroatoms. The molecule has 0 atom stereocenters. The van der Waals surface area contributed by atoms with E-state index in [-0.39, 0.29) is 0 Å². The first-order chi connectivity index (χ1) is 7.74. The van der Waals surface area contributed by atoms with Gasteiger partial charge < -0.3 is 4.74 Å². The normalized spacial score (nSPS) is 25.6. The molecule has 0 aromatic heterocycles. The third kappa shape index (κ3) is 3.60. The molecule has 1 aliphatic rings. The molecule has 0 aliphatic heterocycles. The van der Waals surface area contributed by atoms with Crippen LogP contribution in [0, 0.1) is 5.92 Å². The second-order valence-corrected chi connectivity index (χ2v) is 5.74. The summed E-state index contributed by atoms with van der Waals surface area (Å²) < 4.78 is 7.08. The highest BCUT2D eigenvalue weighted by molar-refractivity contribution is 9.10. The quantitative estimate of drug-likeness (QED) is 0.791. The lowest BCUT2D eigenvalue weighted by molar-refractivity contribution is 0.00875. The predicted octanol–water partition coefficient (Wildman–Crippen LogP) is 4.54. The fourth-order valence-corrected chi connectivity index (χ4v) is 2.68. The van der Waals surface area contributed by atoms with Crippen LogP contribution in [0.3, 0.4) is 0 Å². The number of hydrogen-bond acceptors (Lipinski definition) is 1. The van der Waals surface area contributed by atoms with E-state index in [1.54, 1.807) is 0 Å².